The molecule has 2 atom stereocenters. The third kappa shape index (κ3) is 2.39. The van der Waals surface area contributed by atoms with Crippen molar-refractivity contribution in [1.29, 1.82) is 0 Å². The maximum Gasteiger partial charge on any atom is 0.116 e. The third-order valence-electron chi connectivity index (χ3n) is 3.46. The second-order valence-corrected chi connectivity index (χ2v) is 5.40. The molecule has 17 heavy (non-hydrogen) atoms. The van der Waals surface area contributed by atoms with Gasteiger partial charge >= 0.3 is 0 Å². The van der Waals surface area contributed by atoms with Crippen molar-refractivity contribution < 1.29 is 5.11 Å². The fourth-order valence-corrected chi connectivity index (χ4v) is 2.70. The second kappa shape index (κ2) is 4.57. The highest BCUT2D eigenvalue weighted by atomic mass is 16.3. The van der Waals surface area contributed by atoms with Crippen molar-refractivity contribution in [3.8, 4) is 5.75 Å². The van der Waals surface area contributed by atoms with Crippen molar-refractivity contribution in [3.63, 3.8) is 0 Å². The monoisotopic (exact) mass is 234 g/mol. The number of phenols is 1. The van der Waals surface area contributed by atoms with Crippen LogP contribution >= 0.6 is 0 Å². The van der Waals surface area contributed by atoms with Crippen molar-refractivity contribution in [2.75, 3.05) is 11.4 Å². The van der Waals surface area contributed by atoms with Gasteiger partial charge in [-0.15, -0.1) is 0 Å². The lowest BCUT2D eigenvalue weighted by atomic mass is 9.95. The molecule has 1 aliphatic rings. The Morgan fingerprint density at radius 1 is 1.41 bits per heavy atom. The Labute approximate surface area is 103 Å². The van der Waals surface area contributed by atoms with E-state index in [0.29, 0.717) is 17.7 Å². The van der Waals surface area contributed by atoms with Crippen LogP contribution in [0.25, 0.3) is 0 Å². The minimum atomic E-state index is 0.197. The average molecular weight is 234 g/mol. The van der Waals surface area contributed by atoms with Gasteiger partial charge in [-0.05, 0) is 51.0 Å². The predicted molar refractivity (Wildman–Crippen MR) is 71.6 cm³/mol. The van der Waals surface area contributed by atoms with Crippen LogP contribution in [0.1, 0.15) is 38.7 Å². The summed E-state index contributed by atoms with van der Waals surface area (Å²) in [4.78, 5) is 2.39. The summed E-state index contributed by atoms with van der Waals surface area (Å²) in [5, 5.41) is 9.62. The molecule has 0 radical (unpaired) electrons. The lowest BCUT2D eigenvalue weighted by molar-refractivity contribution is 0.473. The van der Waals surface area contributed by atoms with Gasteiger partial charge in [0, 0.05) is 30.2 Å². The van der Waals surface area contributed by atoms with Crippen LogP contribution in [0.5, 0.6) is 5.75 Å². The molecule has 0 saturated heterocycles. The van der Waals surface area contributed by atoms with E-state index in [0.717, 1.165) is 13.0 Å². The van der Waals surface area contributed by atoms with E-state index in [-0.39, 0.29) is 6.04 Å². The van der Waals surface area contributed by atoms with Crippen molar-refractivity contribution in [2.24, 2.45) is 5.73 Å². The number of nitrogens with zero attached hydrogens (tertiary/aromatic N) is 1. The molecule has 0 aliphatic carbocycles. The minimum Gasteiger partial charge on any atom is -0.508 e. The first-order chi connectivity index (χ1) is 7.99. The second-order valence-electron chi connectivity index (χ2n) is 5.40. The average Bonchev–Trinajstić information content (AvgIpc) is 2.56. The molecule has 94 valence electrons. The Balaban J connectivity index is 2.34. The molecular formula is C14H22N2O. The van der Waals surface area contributed by atoms with Crippen LogP contribution in [0.15, 0.2) is 18.2 Å². The molecule has 0 fully saturated rings. The molecule has 2 unspecified atom stereocenters. The molecule has 0 spiro atoms. The number of hydrogen-bond acceptors (Lipinski definition) is 3. The number of anilines is 1. The topological polar surface area (TPSA) is 49.5 Å². The zero-order chi connectivity index (χ0) is 12.6. The number of benzene rings is 1. The number of nitrogens with two attached hydrogens (primary N) is 1. The van der Waals surface area contributed by atoms with Crippen molar-refractivity contribution in [3.05, 3.63) is 23.8 Å². The molecule has 3 N–H and O–H groups in total. The molecule has 1 aromatic carbocycles. The van der Waals surface area contributed by atoms with Gasteiger partial charge in [-0.1, -0.05) is 0 Å². The normalized spacial score (nSPS) is 20.8. The summed E-state index contributed by atoms with van der Waals surface area (Å²) in [7, 11) is 0. The lowest BCUT2D eigenvalue weighted by Crippen LogP contribution is -2.30. The molecule has 0 amide bonds. The van der Waals surface area contributed by atoms with E-state index in [2.05, 4.69) is 18.7 Å². The molecule has 2 rings (SSSR count). The smallest absolute Gasteiger partial charge is 0.116 e. The molecule has 1 aromatic rings. The van der Waals surface area contributed by atoms with E-state index in [1.807, 2.05) is 19.1 Å². The lowest BCUT2D eigenvalue weighted by Gasteiger charge is -2.24. The van der Waals surface area contributed by atoms with Gasteiger partial charge in [0.25, 0.3) is 0 Å². The molecule has 1 heterocycles. The third-order valence-corrected chi connectivity index (χ3v) is 3.46. The van der Waals surface area contributed by atoms with E-state index in [1.54, 1.807) is 6.07 Å². The van der Waals surface area contributed by atoms with Gasteiger partial charge in [0.1, 0.15) is 5.75 Å². The Kier molecular flexibility index (Phi) is 3.29. The number of rotatable bonds is 3. The van der Waals surface area contributed by atoms with E-state index >= 15 is 0 Å². The van der Waals surface area contributed by atoms with Crippen LogP contribution in [0.4, 0.5) is 5.69 Å². The molecule has 0 saturated carbocycles. The Hall–Kier alpha value is -1.22. The highest BCUT2D eigenvalue weighted by molar-refractivity contribution is 5.62. The van der Waals surface area contributed by atoms with Crippen LogP contribution in [0, 0.1) is 0 Å². The first kappa shape index (κ1) is 12.2. The fraction of sp³-hybridized carbons (Fsp3) is 0.571. The highest BCUT2D eigenvalue weighted by Crippen LogP contribution is 2.41. The maximum absolute atomic E-state index is 9.62. The van der Waals surface area contributed by atoms with Gasteiger partial charge < -0.3 is 15.7 Å². The van der Waals surface area contributed by atoms with Crippen molar-refractivity contribution in [1.82, 2.24) is 0 Å². The highest BCUT2D eigenvalue weighted by Gasteiger charge is 2.30. The largest absolute Gasteiger partial charge is 0.508 e. The van der Waals surface area contributed by atoms with Crippen molar-refractivity contribution >= 4 is 5.69 Å². The Bertz CT molecular complexity index is 401. The van der Waals surface area contributed by atoms with Crippen molar-refractivity contribution in [2.45, 2.75) is 45.2 Å². The van der Waals surface area contributed by atoms with Crippen LogP contribution in [-0.4, -0.2) is 23.7 Å². The molecule has 0 bridgehead atoms. The summed E-state index contributed by atoms with van der Waals surface area (Å²) in [5.74, 6) is 0.795. The molecular weight excluding hydrogens is 212 g/mol. The number of hydrogen-bond donors (Lipinski definition) is 2. The summed E-state index contributed by atoms with van der Waals surface area (Å²) in [6.45, 7) is 7.45. The van der Waals surface area contributed by atoms with Crippen LogP contribution in [0.3, 0.4) is 0 Å². The quantitative estimate of drug-likeness (QED) is 0.844. The number of fused-ring (bicyclic) bond motifs is 1. The molecule has 3 nitrogen and oxygen atoms in total. The predicted octanol–water partition coefficient (Wildman–Crippen LogP) is 2.44. The van der Waals surface area contributed by atoms with Gasteiger partial charge in [0.05, 0.1) is 0 Å². The Morgan fingerprint density at radius 2 is 2.12 bits per heavy atom. The minimum absolute atomic E-state index is 0.197. The molecule has 0 aromatic heterocycles. The number of aromatic hydroxyl groups is 1. The van der Waals surface area contributed by atoms with E-state index in [9.17, 15) is 5.11 Å². The van der Waals surface area contributed by atoms with E-state index in [4.69, 9.17) is 5.73 Å². The molecule has 1 aliphatic heterocycles. The van der Waals surface area contributed by atoms with Crippen LogP contribution in [0.2, 0.25) is 0 Å². The van der Waals surface area contributed by atoms with Gasteiger partial charge in [0.15, 0.2) is 0 Å². The maximum atomic E-state index is 9.62. The van der Waals surface area contributed by atoms with Crippen LogP contribution < -0.4 is 10.6 Å². The van der Waals surface area contributed by atoms with E-state index < -0.39 is 0 Å². The first-order valence-corrected chi connectivity index (χ1v) is 6.34. The SMILES string of the molecule is CC(N)CC1CN(C(C)C)c2ccc(O)cc21. The zero-order valence-electron chi connectivity index (χ0n) is 10.9. The standard InChI is InChI=1S/C14H22N2O/c1-9(2)16-8-11(6-10(3)15)13-7-12(17)4-5-14(13)16/h4-5,7,9-11,17H,6,8,15H2,1-3H3. The fourth-order valence-electron chi connectivity index (χ4n) is 2.70. The Morgan fingerprint density at radius 3 is 2.71 bits per heavy atom. The summed E-state index contributed by atoms with van der Waals surface area (Å²) in [6, 6.07) is 6.36. The molecule has 3 heteroatoms. The zero-order valence-corrected chi connectivity index (χ0v) is 10.9. The first-order valence-electron chi connectivity index (χ1n) is 6.34. The van der Waals surface area contributed by atoms with Crippen LogP contribution in [-0.2, 0) is 0 Å². The van der Waals surface area contributed by atoms with Gasteiger partial charge in [-0.3, -0.25) is 0 Å². The number of phenolic OH excluding ortho intramolecular Hbond substituents is 1. The van der Waals surface area contributed by atoms with Gasteiger partial charge in [-0.2, -0.15) is 0 Å². The van der Waals surface area contributed by atoms with E-state index in [1.165, 1.54) is 11.3 Å². The summed E-state index contributed by atoms with van der Waals surface area (Å²) >= 11 is 0. The summed E-state index contributed by atoms with van der Waals surface area (Å²) in [6.07, 6.45) is 0.972. The summed E-state index contributed by atoms with van der Waals surface area (Å²) < 4.78 is 0. The summed E-state index contributed by atoms with van der Waals surface area (Å²) in [5.41, 5.74) is 8.41. The van der Waals surface area contributed by atoms with Gasteiger partial charge in [0.2, 0.25) is 0 Å². The van der Waals surface area contributed by atoms with Gasteiger partial charge in [-0.25, -0.2) is 0 Å².